The lowest BCUT2D eigenvalue weighted by Crippen LogP contribution is -2.63. The van der Waals surface area contributed by atoms with Gasteiger partial charge in [0.25, 0.3) is 0 Å². The number of rotatable bonds is 3. The van der Waals surface area contributed by atoms with Crippen LogP contribution in [0.4, 0.5) is 9.59 Å². The first kappa shape index (κ1) is 22.0. The molecule has 1 saturated heterocycles. The number of carbonyl (C=O) groups is 3. The Morgan fingerprint density at radius 2 is 1.85 bits per heavy atom. The van der Waals surface area contributed by atoms with Crippen molar-refractivity contribution in [3.8, 4) is 0 Å². The van der Waals surface area contributed by atoms with Gasteiger partial charge in [0, 0.05) is 6.54 Å². The number of ether oxygens (including phenoxy) is 1. The monoisotopic (exact) mass is 372 g/mol. The molecular weight excluding hydrogens is 340 g/mol. The number of nitrogens with one attached hydrogen (secondary N) is 2. The molecule has 9 nitrogen and oxygen atoms in total. The Bertz CT molecular complexity index is 524. The smallest absolute Gasteiger partial charge is 0.426 e. The summed E-state index contributed by atoms with van der Waals surface area (Å²) in [5.74, 6) is -1.06. The molecule has 0 aromatic rings. The minimum Gasteiger partial charge on any atom is -0.481 e. The number of nitrogens with zero attached hydrogens (tertiary/aromatic N) is 2. The Morgan fingerprint density at radius 1 is 1.23 bits per heavy atom. The molecule has 9 heteroatoms. The van der Waals surface area contributed by atoms with Crippen molar-refractivity contribution >= 4 is 18.1 Å². The summed E-state index contributed by atoms with van der Waals surface area (Å²) in [6.07, 6.45) is 0.651. The van der Waals surface area contributed by atoms with Gasteiger partial charge in [0.05, 0.1) is 19.0 Å². The SMILES string of the molecule is CC(C)(C)OC(=O)NN(CCC(=O)O)C(=O)N1NCCC[C@H]1C(C)(C)C. The highest BCUT2D eigenvalue weighted by Crippen LogP contribution is 2.29. The third kappa shape index (κ3) is 7.07. The first-order valence-corrected chi connectivity index (χ1v) is 8.87. The molecule has 1 aliphatic rings. The summed E-state index contributed by atoms with van der Waals surface area (Å²) in [7, 11) is 0. The fraction of sp³-hybridized carbons (Fsp3) is 0.824. The van der Waals surface area contributed by atoms with E-state index in [1.54, 1.807) is 20.8 Å². The fourth-order valence-corrected chi connectivity index (χ4v) is 2.70. The van der Waals surface area contributed by atoms with Crippen LogP contribution in [0.5, 0.6) is 0 Å². The van der Waals surface area contributed by atoms with Crippen molar-refractivity contribution in [2.24, 2.45) is 5.41 Å². The molecule has 3 amide bonds. The van der Waals surface area contributed by atoms with E-state index >= 15 is 0 Å². The molecule has 1 atom stereocenters. The number of urea groups is 1. The fourth-order valence-electron chi connectivity index (χ4n) is 2.70. The summed E-state index contributed by atoms with van der Waals surface area (Å²) >= 11 is 0. The van der Waals surface area contributed by atoms with Gasteiger partial charge in [-0.05, 0) is 39.0 Å². The molecule has 26 heavy (non-hydrogen) atoms. The summed E-state index contributed by atoms with van der Waals surface area (Å²) in [4.78, 5) is 36.0. The molecule has 3 N–H and O–H groups in total. The normalized spacial score (nSPS) is 18.2. The first-order chi connectivity index (χ1) is 11.8. The van der Waals surface area contributed by atoms with Crippen LogP contribution >= 0.6 is 0 Å². The number of carbonyl (C=O) groups excluding carboxylic acids is 2. The van der Waals surface area contributed by atoms with Crippen molar-refractivity contribution in [2.75, 3.05) is 13.1 Å². The lowest BCUT2D eigenvalue weighted by molar-refractivity contribution is -0.137. The number of hydrazine groups is 2. The molecule has 1 rings (SSSR count). The Balaban J connectivity index is 2.94. The van der Waals surface area contributed by atoms with Crippen molar-refractivity contribution < 1.29 is 24.2 Å². The number of hydrogen-bond acceptors (Lipinski definition) is 5. The van der Waals surface area contributed by atoms with Crippen molar-refractivity contribution in [2.45, 2.75) is 72.4 Å². The van der Waals surface area contributed by atoms with E-state index in [2.05, 4.69) is 10.9 Å². The highest BCUT2D eigenvalue weighted by molar-refractivity contribution is 5.79. The molecule has 1 heterocycles. The Kier molecular flexibility index (Phi) is 7.25. The standard InChI is InChI=1S/C17H32N4O5/c1-16(2,3)12-8-7-10-18-21(12)15(25)20(11-9-13(22)23)19-14(24)26-17(4,5)6/h12,18H,7-11H2,1-6H3,(H,19,24)(H,22,23)/t12-/m0/s1. The number of carboxylic acid groups (broad SMARTS) is 1. The van der Waals surface area contributed by atoms with Gasteiger partial charge in [-0.2, -0.15) is 0 Å². The molecule has 0 bridgehead atoms. The molecule has 150 valence electrons. The molecule has 0 spiro atoms. The minimum atomic E-state index is -1.06. The van der Waals surface area contributed by atoms with Crippen LogP contribution in [0.25, 0.3) is 0 Å². The predicted molar refractivity (Wildman–Crippen MR) is 96.0 cm³/mol. The van der Waals surface area contributed by atoms with E-state index in [0.29, 0.717) is 6.54 Å². The second-order valence-electron chi connectivity index (χ2n) is 8.49. The summed E-state index contributed by atoms with van der Waals surface area (Å²) in [6.45, 7) is 11.7. The van der Waals surface area contributed by atoms with Crippen LogP contribution in [-0.2, 0) is 9.53 Å². The number of hydrogen-bond donors (Lipinski definition) is 3. The number of carboxylic acids is 1. The van der Waals surface area contributed by atoms with Gasteiger partial charge in [-0.15, -0.1) is 0 Å². The second-order valence-corrected chi connectivity index (χ2v) is 8.49. The van der Waals surface area contributed by atoms with Gasteiger partial charge in [0.2, 0.25) is 0 Å². The van der Waals surface area contributed by atoms with Gasteiger partial charge in [0.1, 0.15) is 5.60 Å². The molecule has 1 aliphatic heterocycles. The minimum absolute atomic E-state index is 0.0866. The van der Waals surface area contributed by atoms with Crippen molar-refractivity contribution in [3.63, 3.8) is 0 Å². The van der Waals surface area contributed by atoms with Crippen molar-refractivity contribution in [3.05, 3.63) is 0 Å². The average Bonchev–Trinajstić information content (AvgIpc) is 2.48. The van der Waals surface area contributed by atoms with Gasteiger partial charge in [-0.3, -0.25) is 9.80 Å². The van der Waals surface area contributed by atoms with E-state index in [0.717, 1.165) is 17.9 Å². The lowest BCUT2D eigenvalue weighted by Gasteiger charge is -2.44. The third-order valence-corrected chi connectivity index (χ3v) is 3.86. The lowest BCUT2D eigenvalue weighted by atomic mass is 9.83. The zero-order chi connectivity index (χ0) is 20.1. The summed E-state index contributed by atoms with van der Waals surface area (Å²) in [5, 5.41) is 11.4. The molecule has 0 saturated carbocycles. The van der Waals surface area contributed by atoms with E-state index in [-0.39, 0.29) is 24.4 Å². The molecule has 0 unspecified atom stereocenters. The number of aliphatic carboxylic acids is 1. The maximum Gasteiger partial charge on any atom is 0.426 e. The summed E-state index contributed by atoms with van der Waals surface area (Å²) in [5.41, 5.74) is 4.54. The second kappa shape index (κ2) is 8.57. The molecule has 0 aromatic carbocycles. The maximum atomic E-state index is 13.0. The van der Waals surface area contributed by atoms with Crippen LogP contribution in [0.15, 0.2) is 0 Å². The van der Waals surface area contributed by atoms with Gasteiger partial charge >= 0.3 is 18.1 Å². The van der Waals surface area contributed by atoms with E-state index in [4.69, 9.17) is 9.84 Å². The van der Waals surface area contributed by atoms with Gasteiger partial charge in [-0.1, -0.05) is 20.8 Å². The van der Waals surface area contributed by atoms with Crippen LogP contribution in [0, 0.1) is 5.41 Å². The molecule has 0 aliphatic carbocycles. The highest BCUT2D eigenvalue weighted by Gasteiger charge is 2.38. The van der Waals surface area contributed by atoms with Crippen LogP contribution in [0.2, 0.25) is 0 Å². The Hall–Kier alpha value is -2.03. The Morgan fingerprint density at radius 3 is 2.35 bits per heavy atom. The average molecular weight is 372 g/mol. The van der Waals surface area contributed by atoms with Crippen molar-refractivity contribution in [1.82, 2.24) is 20.9 Å². The van der Waals surface area contributed by atoms with Crippen LogP contribution in [0.3, 0.4) is 0 Å². The topological polar surface area (TPSA) is 111 Å². The van der Waals surface area contributed by atoms with E-state index in [1.807, 2.05) is 20.8 Å². The molecular formula is C17H32N4O5. The number of amides is 3. The predicted octanol–water partition coefficient (Wildman–Crippen LogP) is 2.34. The maximum absolute atomic E-state index is 13.0. The first-order valence-electron chi connectivity index (χ1n) is 8.87. The van der Waals surface area contributed by atoms with E-state index in [9.17, 15) is 14.4 Å². The quantitative estimate of drug-likeness (QED) is 0.656. The summed E-state index contributed by atoms with van der Waals surface area (Å²) in [6, 6.07) is -0.590. The zero-order valence-electron chi connectivity index (χ0n) is 16.6. The third-order valence-electron chi connectivity index (χ3n) is 3.86. The van der Waals surface area contributed by atoms with Crippen LogP contribution in [-0.4, -0.2) is 58.0 Å². The van der Waals surface area contributed by atoms with Gasteiger partial charge in [0.15, 0.2) is 0 Å². The van der Waals surface area contributed by atoms with Crippen LogP contribution < -0.4 is 10.9 Å². The van der Waals surface area contributed by atoms with E-state index in [1.165, 1.54) is 5.01 Å². The molecule has 1 fully saturated rings. The molecule has 0 radical (unpaired) electrons. The van der Waals surface area contributed by atoms with Gasteiger partial charge in [-0.25, -0.2) is 25.4 Å². The van der Waals surface area contributed by atoms with Crippen LogP contribution in [0.1, 0.15) is 60.8 Å². The highest BCUT2D eigenvalue weighted by atomic mass is 16.6. The van der Waals surface area contributed by atoms with Gasteiger partial charge < -0.3 is 9.84 Å². The Labute approximate surface area is 155 Å². The molecule has 0 aromatic heterocycles. The van der Waals surface area contributed by atoms with Crippen molar-refractivity contribution in [1.29, 1.82) is 0 Å². The van der Waals surface area contributed by atoms with E-state index < -0.39 is 23.7 Å². The zero-order valence-corrected chi connectivity index (χ0v) is 16.6. The largest absolute Gasteiger partial charge is 0.481 e. The summed E-state index contributed by atoms with van der Waals surface area (Å²) < 4.78 is 5.18.